The Morgan fingerprint density at radius 3 is 2.79 bits per heavy atom. The lowest BCUT2D eigenvalue weighted by Gasteiger charge is -2.38. The second-order valence-electron chi connectivity index (χ2n) is 8.00. The van der Waals surface area contributed by atoms with Crippen molar-refractivity contribution in [1.82, 2.24) is 10.2 Å². The van der Waals surface area contributed by atoms with Gasteiger partial charge >= 0.3 is 5.97 Å². The summed E-state index contributed by atoms with van der Waals surface area (Å²) in [6.07, 6.45) is 1.38. The second kappa shape index (κ2) is 8.19. The summed E-state index contributed by atoms with van der Waals surface area (Å²) in [4.78, 5) is 27.8. The molecule has 1 aromatic rings. The molecule has 1 amide bonds. The van der Waals surface area contributed by atoms with Gasteiger partial charge in [0.05, 0.1) is 25.4 Å². The third-order valence-electron chi connectivity index (χ3n) is 6.06. The average molecular weight is 388 g/mol. The van der Waals surface area contributed by atoms with E-state index in [1.54, 1.807) is 19.1 Å². The molecule has 152 valence electrons. The molecule has 0 radical (unpaired) electrons. The van der Waals surface area contributed by atoms with Gasteiger partial charge in [-0.3, -0.25) is 9.69 Å². The molecule has 4 rings (SSSR count). The fraction of sp³-hybridized carbons (Fsp3) is 0.619. The van der Waals surface area contributed by atoms with E-state index in [2.05, 4.69) is 10.2 Å². The number of benzene rings is 1. The van der Waals surface area contributed by atoms with Crippen LogP contribution in [0.2, 0.25) is 0 Å². The molecule has 3 heterocycles. The van der Waals surface area contributed by atoms with Gasteiger partial charge in [0.2, 0.25) is 0 Å². The Hall–Kier alpha value is -1.96. The predicted molar refractivity (Wildman–Crippen MR) is 102 cm³/mol. The van der Waals surface area contributed by atoms with Gasteiger partial charge in [0.15, 0.2) is 5.60 Å². The molecule has 7 nitrogen and oxygen atoms in total. The second-order valence-corrected chi connectivity index (χ2v) is 8.00. The van der Waals surface area contributed by atoms with Crippen molar-refractivity contribution < 1.29 is 23.8 Å². The van der Waals surface area contributed by atoms with Crippen molar-refractivity contribution in [2.45, 2.75) is 31.4 Å². The first-order chi connectivity index (χ1) is 13.6. The number of hydrogen-bond acceptors (Lipinski definition) is 6. The van der Waals surface area contributed by atoms with Gasteiger partial charge in [0.25, 0.3) is 5.91 Å². The summed E-state index contributed by atoms with van der Waals surface area (Å²) in [6.45, 7) is 6.84. The number of rotatable bonds is 5. The maximum absolute atomic E-state index is 13.0. The van der Waals surface area contributed by atoms with Gasteiger partial charge in [-0.25, -0.2) is 4.79 Å². The normalized spacial score (nSPS) is 29.0. The van der Waals surface area contributed by atoms with Crippen molar-refractivity contribution in [1.29, 1.82) is 0 Å². The smallest absolute Gasteiger partial charge is 0.339 e. The van der Waals surface area contributed by atoms with E-state index in [-0.39, 0.29) is 11.9 Å². The molecule has 3 atom stereocenters. The first-order valence-corrected chi connectivity index (χ1v) is 10.1. The van der Waals surface area contributed by atoms with Crippen LogP contribution in [0, 0.1) is 5.92 Å². The van der Waals surface area contributed by atoms with Crippen molar-refractivity contribution in [2.75, 3.05) is 46.1 Å². The number of amides is 1. The van der Waals surface area contributed by atoms with E-state index < -0.39 is 11.6 Å². The standard InChI is InChI=1S/C21H28N2O5/c1-21(12-15-4-2-3-5-17(15)19(24)28-21)20(25)22-13-18(16-6-9-27-14-16)23-7-10-26-11-8-23/h2-5,16,18H,6-14H2,1H3,(H,22,25). The summed E-state index contributed by atoms with van der Waals surface area (Å²) in [5.74, 6) is -0.290. The van der Waals surface area contributed by atoms with Crippen LogP contribution in [-0.4, -0.2) is 74.5 Å². The molecule has 3 unspecified atom stereocenters. The fourth-order valence-corrected chi connectivity index (χ4v) is 4.40. The van der Waals surface area contributed by atoms with Gasteiger partial charge in [-0.15, -0.1) is 0 Å². The molecule has 1 aromatic carbocycles. The highest BCUT2D eigenvalue weighted by Crippen LogP contribution is 2.28. The van der Waals surface area contributed by atoms with Crippen molar-refractivity contribution in [3.05, 3.63) is 35.4 Å². The lowest BCUT2D eigenvalue weighted by Crippen LogP contribution is -2.57. The first kappa shape index (κ1) is 19.4. The van der Waals surface area contributed by atoms with Crippen LogP contribution in [0.25, 0.3) is 0 Å². The van der Waals surface area contributed by atoms with Crippen molar-refractivity contribution in [3.63, 3.8) is 0 Å². The number of carbonyl (C=O) groups is 2. The minimum absolute atomic E-state index is 0.200. The van der Waals surface area contributed by atoms with Crippen LogP contribution in [0.1, 0.15) is 29.3 Å². The quantitative estimate of drug-likeness (QED) is 0.759. The fourth-order valence-electron chi connectivity index (χ4n) is 4.40. The van der Waals surface area contributed by atoms with E-state index in [9.17, 15) is 9.59 Å². The Morgan fingerprint density at radius 1 is 1.25 bits per heavy atom. The van der Waals surface area contributed by atoms with Gasteiger partial charge in [0, 0.05) is 44.6 Å². The largest absolute Gasteiger partial charge is 0.445 e. The zero-order valence-corrected chi connectivity index (χ0v) is 16.3. The summed E-state index contributed by atoms with van der Waals surface area (Å²) in [5, 5.41) is 3.06. The number of nitrogens with one attached hydrogen (secondary N) is 1. The van der Waals surface area contributed by atoms with E-state index >= 15 is 0 Å². The van der Waals surface area contributed by atoms with Gasteiger partial charge in [0.1, 0.15) is 0 Å². The molecular weight excluding hydrogens is 360 g/mol. The van der Waals surface area contributed by atoms with Crippen molar-refractivity contribution in [2.24, 2.45) is 5.92 Å². The zero-order chi connectivity index (χ0) is 19.6. The molecule has 2 saturated heterocycles. The number of carbonyl (C=O) groups excluding carboxylic acids is 2. The highest BCUT2D eigenvalue weighted by Gasteiger charge is 2.43. The highest BCUT2D eigenvalue weighted by atomic mass is 16.6. The molecule has 3 aliphatic heterocycles. The molecule has 3 aliphatic rings. The molecule has 0 aliphatic carbocycles. The number of esters is 1. The summed E-state index contributed by atoms with van der Waals surface area (Å²) in [6, 6.07) is 7.51. The van der Waals surface area contributed by atoms with Crippen LogP contribution in [0.5, 0.6) is 0 Å². The minimum Gasteiger partial charge on any atom is -0.445 e. The Labute approximate surface area is 165 Å². The van der Waals surface area contributed by atoms with Crippen molar-refractivity contribution in [3.8, 4) is 0 Å². The number of fused-ring (bicyclic) bond motifs is 1. The zero-order valence-electron chi connectivity index (χ0n) is 16.3. The van der Waals surface area contributed by atoms with E-state index in [1.807, 2.05) is 12.1 Å². The molecule has 7 heteroatoms. The molecular formula is C21H28N2O5. The number of cyclic esters (lactones) is 1. The maximum Gasteiger partial charge on any atom is 0.339 e. The topological polar surface area (TPSA) is 77.1 Å². The summed E-state index contributed by atoms with van der Waals surface area (Å²) in [5.41, 5.74) is 0.208. The van der Waals surface area contributed by atoms with Crippen LogP contribution in [0.15, 0.2) is 24.3 Å². The van der Waals surface area contributed by atoms with Crippen LogP contribution >= 0.6 is 0 Å². The molecule has 1 N–H and O–H groups in total. The van der Waals surface area contributed by atoms with Gasteiger partial charge < -0.3 is 19.5 Å². The Bertz CT molecular complexity index is 727. The third kappa shape index (κ3) is 3.92. The predicted octanol–water partition coefficient (Wildman–Crippen LogP) is 1.01. The van der Waals surface area contributed by atoms with Crippen LogP contribution in [0.3, 0.4) is 0 Å². The average Bonchev–Trinajstić information content (AvgIpc) is 3.23. The third-order valence-corrected chi connectivity index (χ3v) is 6.06. The Kier molecular flexibility index (Phi) is 5.66. The summed E-state index contributed by atoms with van der Waals surface area (Å²) >= 11 is 0. The number of hydrogen-bond donors (Lipinski definition) is 1. The maximum atomic E-state index is 13.0. The molecule has 0 bridgehead atoms. The molecule has 28 heavy (non-hydrogen) atoms. The van der Waals surface area contributed by atoms with Crippen LogP contribution in [-0.2, 0) is 25.4 Å². The Balaban J connectivity index is 1.43. The van der Waals surface area contributed by atoms with Gasteiger partial charge in [-0.2, -0.15) is 0 Å². The number of nitrogens with zero attached hydrogens (tertiary/aromatic N) is 1. The van der Waals surface area contributed by atoms with Gasteiger partial charge in [-0.05, 0) is 25.0 Å². The summed E-state index contributed by atoms with van der Waals surface area (Å²) in [7, 11) is 0. The van der Waals surface area contributed by atoms with E-state index in [1.165, 1.54) is 0 Å². The van der Waals surface area contributed by atoms with Gasteiger partial charge in [-0.1, -0.05) is 18.2 Å². The monoisotopic (exact) mass is 388 g/mol. The van der Waals surface area contributed by atoms with E-state index in [4.69, 9.17) is 14.2 Å². The Morgan fingerprint density at radius 2 is 2.04 bits per heavy atom. The molecule has 2 fully saturated rings. The molecule has 0 saturated carbocycles. The van der Waals surface area contributed by atoms with E-state index in [0.717, 1.165) is 38.3 Å². The van der Waals surface area contributed by atoms with Crippen LogP contribution in [0.4, 0.5) is 0 Å². The SMILES string of the molecule is CC1(C(=O)NCC(C2CCOC2)N2CCOCC2)Cc2ccccc2C(=O)O1. The highest BCUT2D eigenvalue weighted by molar-refractivity contribution is 5.97. The summed E-state index contributed by atoms with van der Waals surface area (Å²) < 4.78 is 16.6. The van der Waals surface area contributed by atoms with Crippen LogP contribution < -0.4 is 5.32 Å². The van der Waals surface area contributed by atoms with Crippen molar-refractivity contribution >= 4 is 11.9 Å². The molecule has 0 aromatic heterocycles. The number of morpholine rings is 1. The lowest BCUT2D eigenvalue weighted by molar-refractivity contribution is -0.140. The lowest BCUT2D eigenvalue weighted by atomic mass is 9.89. The first-order valence-electron chi connectivity index (χ1n) is 10.1. The molecule has 0 spiro atoms. The van der Waals surface area contributed by atoms with E-state index in [0.29, 0.717) is 37.7 Å². The minimum atomic E-state index is -1.19. The number of ether oxygens (including phenoxy) is 3.